The van der Waals surface area contributed by atoms with Crippen LogP contribution in [-0.4, -0.2) is 6.29 Å². The second-order valence-corrected chi connectivity index (χ2v) is 2.72. The van der Waals surface area contributed by atoms with Gasteiger partial charge in [-0.1, -0.05) is 43.3 Å². The van der Waals surface area contributed by atoms with E-state index in [9.17, 15) is 4.79 Å². The predicted octanol–water partition coefficient (Wildman–Crippen LogP) is 2.55. The molecule has 12 heavy (non-hydrogen) atoms. The molecule has 0 amide bonds. The lowest BCUT2D eigenvalue weighted by molar-refractivity contribution is -0.104. The maximum absolute atomic E-state index is 10.1. The summed E-state index contributed by atoms with van der Waals surface area (Å²) in [4.78, 5) is 10.1. The third kappa shape index (κ3) is 2.35. The van der Waals surface area contributed by atoms with Gasteiger partial charge >= 0.3 is 0 Å². The van der Waals surface area contributed by atoms with Crippen LogP contribution in [0.15, 0.2) is 42.5 Å². The molecule has 0 N–H and O–H groups in total. The molecule has 0 aliphatic heterocycles. The standard InChI is InChI=1S/C11H12O/c1-10(6-5-9-12)11-7-3-2-4-8-11/h2-10H,1H3. The highest BCUT2D eigenvalue weighted by molar-refractivity contribution is 5.64. The highest BCUT2D eigenvalue weighted by Crippen LogP contribution is 2.14. The van der Waals surface area contributed by atoms with E-state index in [1.165, 1.54) is 11.6 Å². The molecule has 0 aliphatic carbocycles. The first kappa shape index (κ1) is 8.72. The maximum atomic E-state index is 10.1. The number of hydrogen-bond donors (Lipinski definition) is 0. The van der Waals surface area contributed by atoms with Gasteiger partial charge in [-0.05, 0) is 17.6 Å². The fourth-order valence-corrected chi connectivity index (χ4v) is 1.08. The van der Waals surface area contributed by atoms with Crippen molar-refractivity contribution in [2.75, 3.05) is 0 Å². The Kier molecular flexibility index (Phi) is 3.27. The Morgan fingerprint density at radius 1 is 1.25 bits per heavy atom. The lowest BCUT2D eigenvalue weighted by atomic mass is 10.0. The average molecular weight is 160 g/mol. The smallest absolute Gasteiger partial charge is 0.142 e. The van der Waals surface area contributed by atoms with Gasteiger partial charge < -0.3 is 0 Å². The van der Waals surface area contributed by atoms with E-state index in [1.54, 1.807) is 0 Å². The van der Waals surface area contributed by atoms with Crippen molar-refractivity contribution in [3.63, 3.8) is 0 Å². The third-order valence-corrected chi connectivity index (χ3v) is 1.80. The Bertz CT molecular complexity index is 262. The van der Waals surface area contributed by atoms with Gasteiger partial charge in [-0.15, -0.1) is 0 Å². The van der Waals surface area contributed by atoms with Crippen LogP contribution in [0.2, 0.25) is 0 Å². The molecule has 0 radical (unpaired) electrons. The Labute approximate surface area is 72.7 Å². The molecule has 0 aliphatic rings. The van der Waals surface area contributed by atoms with Gasteiger partial charge in [0.2, 0.25) is 0 Å². The van der Waals surface area contributed by atoms with E-state index in [2.05, 4.69) is 19.1 Å². The number of carbonyl (C=O) groups excluding carboxylic acids is 1. The highest BCUT2D eigenvalue weighted by Gasteiger charge is 1.97. The molecule has 1 heteroatoms. The van der Waals surface area contributed by atoms with E-state index in [0.717, 1.165) is 6.29 Å². The zero-order chi connectivity index (χ0) is 8.81. The molecule has 1 atom stereocenters. The minimum atomic E-state index is 0.316. The van der Waals surface area contributed by atoms with Crippen LogP contribution in [0.3, 0.4) is 0 Å². The van der Waals surface area contributed by atoms with Crippen molar-refractivity contribution in [1.82, 2.24) is 0 Å². The zero-order valence-electron chi connectivity index (χ0n) is 7.10. The molecule has 1 nitrogen and oxygen atoms in total. The molecule has 1 aromatic carbocycles. The van der Waals surface area contributed by atoms with Gasteiger partial charge in [-0.2, -0.15) is 0 Å². The number of allylic oxidation sites excluding steroid dienone is 2. The minimum absolute atomic E-state index is 0.316. The largest absolute Gasteiger partial charge is 0.299 e. The summed E-state index contributed by atoms with van der Waals surface area (Å²) in [7, 11) is 0. The summed E-state index contributed by atoms with van der Waals surface area (Å²) in [5.41, 5.74) is 1.23. The second-order valence-electron chi connectivity index (χ2n) is 2.72. The van der Waals surface area contributed by atoms with E-state index in [1.807, 2.05) is 24.3 Å². The van der Waals surface area contributed by atoms with E-state index in [4.69, 9.17) is 0 Å². The number of hydrogen-bond acceptors (Lipinski definition) is 1. The van der Waals surface area contributed by atoms with E-state index >= 15 is 0 Å². The van der Waals surface area contributed by atoms with Crippen LogP contribution >= 0.6 is 0 Å². The van der Waals surface area contributed by atoms with E-state index < -0.39 is 0 Å². The number of carbonyl (C=O) groups is 1. The summed E-state index contributed by atoms with van der Waals surface area (Å²) >= 11 is 0. The Morgan fingerprint density at radius 2 is 1.92 bits per heavy atom. The van der Waals surface area contributed by atoms with Gasteiger partial charge in [0.05, 0.1) is 0 Å². The minimum Gasteiger partial charge on any atom is -0.299 e. The Morgan fingerprint density at radius 3 is 2.50 bits per heavy atom. The number of aldehydes is 1. The average Bonchev–Trinajstić information content (AvgIpc) is 2.15. The molecule has 1 unspecified atom stereocenters. The molecule has 0 bridgehead atoms. The molecule has 0 spiro atoms. The van der Waals surface area contributed by atoms with Crippen molar-refractivity contribution in [1.29, 1.82) is 0 Å². The topological polar surface area (TPSA) is 17.1 Å². The van der Waals surface area contributed by atoms with Crippen molar-refractivity contribution in [3.05, 3.63) is 48.0 Å². The van der Waals surface area contributed by atoms with Gasteiger partial charge in [-0.3, -0.25) is 4.79 Å². The van der Waals surface area contributed by atoms with Crippen LogP contribution in [0.5, 0.6) is 0 Å². The first-order valence-corrected chi connectivity index (χ1v) is 4.01. The fraction of sp³-hybridized carbons (Fsp3) is 0.182. The van der Waals surface area contributed by atoms with Crippen LogP contribution in [0, 0.1) is 0 Å². The fourth-order valence-electron chi connectivity index (χ4n) is 1.08. The van der Waals surface area contributed by atoms with Crippen LogP contribution in [0.1, 0.15) is 18.4 Å². The SMILES string of the molecule is CC(C=CC=O)c1ccccc1. The summed E-state index contributed by atoms with van der Waals surface area (Å²) < 4.78 is 0. The van der Waals surface area contributed by atoms with Gasteiger partial charge in [0.1, 0.15) is 6.29 Å². The molecule has 0 fully saturated rings. The summed E-state index contributed by atoms with van der Waals surface area (Å²) in [6.45, 7) is 2.06. The molecule has 0 aromatic heterocycles. The predicted molar refractivity (Wildman–Crippen MR) is 50.1 cm³/mol. The van der Waals surface area contributed by atoms with Crippen molar-refractivity contribution >= 4 is 6.29 Å². The van der Waals surface area contributed by atoms with Crippen LogP contribution in [0.25, 0.3) is 0 Å². The summed E-state index contributed by atoms with van der Waals surface area (Å²) in [6, 6.07) is 10.1. The van der Waals surface area contributed by atoms with Gasteiger partial charge in [0, 0.05) is 0 Å². The zero-order valence-corrected chi connectivity index (χ0v) is 7.10. The normalized spacial score (nSPS) is 13.1. The number of rotatable bonds is 3. The lowest BCUT2D eigenvalue weighted by Gasteiger charge is -2.04. The molecule has 62 valence electrons. The van der Waals surface area contributed by atoms with Gasteiger partial charge in [-0.25, -0.2) is 0 Å². The van der Waals surface area contributed by atoms with Gasteiger partial charge in [0.25, 0.3) is 0 Å². The van der Waals surface area contributed by atoms with Crippen molar-refractivity contribution < 1.29 is 4.79 Å². The molecular formula is C11H12O. The van der Waals surface area contributed by atoms with Crippen molar-refractivity contribution in [2.24, 2.45) is 0 Å². The molecule has 0 heterocycles. The highest BCUT2D eigenvalue weighted by atomic mass is 16.1. The molecule has 0 saturated carbocycles. The first-order valence-electron chi connectivity index (χ1n) is 4.01. The molecule has 0 saturated heterocycles. The first-order chi connectivity index (χ1) is 5.84. The molecular weight excluding hydrogens is 148 g/mol. The Balaban J connectivity index is 2.71. The monoisotopic (exact) mass is 160 g/mol. The van der Waals surface area contributed by atoms with Crippen molar-refractivity contribution in [3.8, 4) is 0 Å². The molecule has 1 aromatic rings. The van der Waals surface area contributed by atoms with Gasteiger partial charge in [0.15, 0.2) is 0 Å². The number of benzene rings is 1. The summed E-state index contributed by atoms with van der Waals surface area (Å²) in [5.74, 6) is 0.316. The van der Waals surface area contributed by atoms with Crippen LogP contribution in [-0.2, 0) is 4.79 Å². The molecule has 1 rings (SSSR count). The maximum Gasteiger partial charge on any atom is 0.142 e. The summed E-state index contributed by atoms with van der Waals surface area (Å²) in [5, 5.41) is 0. The van der Waals surface area contributed by atoms with Crippen molar-refractivity contribution in [2.45, 2.75) is 12.8 Å². The second kappa shape index (κ2) is 4.50. The summed E-state index contributed by atoms with van der Waals surface area (Å²) in [6.07, 6.45) is 4.24. The van der Waals surface area contributed by atoms with E-state index in [0.29, 0.717) is 5.92 Å². The van der Waals surface area contributed by atoms with Crippen LogP contribution in [0.4, 0.5) is 0 Å². The third-order valence-electron chi connectivity index (χ3n) is 1.80. The Hall–Kier alpha value is -1.37. The quantitative estimate of drug-likeness (QED) is 0.490. The van der Waals surface area contributed by atoms with E-state index in [-0.39, 0.29) is 0 Å². The van der Waals surface area contributed by atoms with Crippen LogP contribution < -0.4 is 0 Å². The lowest BCUT2D eigenvalue weighted by Crippen LogP contribution is -1.87.